The summed E-state index contributed by atoms with van der Waals surface area (Å²) in [5.74, 6) is -0.165. The van der Waals surface area contributed by atoms with Crippen molar-refractivity contribution in [2.75, 3.05) is 5.32 Å². The monoisotopic (exact) mass is 382 g/mol. The fraction of sp³-hybridized carbons (Fsp3) is 0.0870. The van der Waals surface area contributed by atoms with Gasteiger partial charge < -0.3 is 10.3 Å². The first-order valence-corrected chi connectivity index (χ1v) is 9.18. The highest BCUT2D eigenvalue weighted by Crippen LogP contribution is 2.14. The van der Waals surface area contributed by atoms with Gasteiger partial charge in [-0.3, -0.25) is 9.36 Å². The van der Waals surface area contributed by atoms with Crippen LogP contribution in [0.3, 0.4) is 0 Å². The van der Waals surface area contributed by atoms with E-state index in [1.54, 1.807) is 28.8 Å². The molecule has 4 aromatic rings. The predicted octanol–water partition coefficient (Wildman–Crippen LogP) is 3.43. The van der Waals surface area contributed by atoms with E-state index in [-0.39, 0.29) is 18.0 Å². The molecule has 0 bridgehead atoms. The van der Waals surface area contributed by atoms with Crippen molar-refractivity contribution in [1.82, 2.24) is 9.55 Å². The van der Waals surface area contributed by atoms with Crippen LogP contribution in [0.5, 0.6) is 0 Å². The second kappa shape index (κ2) is 7.87. The molecule has 0 aliphatic carbocycles. The van der Waals surface area contributed by atoms with Crippen LogP contribution in [0.2, 0.25) is 0 Å². The van der Waals surface area contributed by atoms with Crippen LogP contribution in [-0.2, 0) is 17.8 Å². The van der Waals surface area contributed by atoms with Crippen LogP contribution >= 0.6 is 0 Å². The third kappa shape index (κ3) is 4.09. The minimum Gasteiger partial charge on any atom is -0.326 e. The van der Waals surface area contributed by atoms with Gasteiger partial charge in [-0.05, 0) is 41.5 Å². The van der Waals surface area contributed by atoms with Crippen LogP contribution in [0.25, 0.3) is 11.0 Å². The molecule has 6 nitrogen and oxygen atoms in total. The lowest BCUT2D eigenvalue weighted by atomic mass is 10.1. The summed E-state index contributed by atoms with van der Waals surface area (Å²) in [5, 5.41) is 11.8. The summed E-state index contributed by atoms with van der Waals surface area (Å²) in [7, 11) is 0. The minimum absolute atomic E-state index is 0.160. The molecule has 0 aliphatic heterocycles. The van der Waals surface area contributed by atoms with Gasteiger partial charge in [0.15, 0.2) is 0 Å². The number of carbonyl (C=O) groups is 1. The number of nitriles is 1. The Bertz CT molecular complexity index is 1290. The molecule has 0 fully saturated rings. The number of aromatic nitrogens is 2. The third-order valence-electron chi connectivity index (χ3n) is 4.65. The Morgan fingerprint density at radius 1 is 1.00 bits per heavy atom. The maximum absolute atomic E-state index is 12.4. The maximum Gasteiger partial charge on any atom is 0.326 e. The van der Waals surface area contributed by atoms with Gasteiger partial charge in [0.05, 0.1) is 35.6 Å². The number of carbonyl (C=O) groups excluding carboxylic acids is 1. The van der Waals surface area contributed by atoms with Gasteiger partial charge in [0.2, 0.25) is 5.91 Å². The van der Waals surface area contributed by atoms with Crippen LogP contribution in [-0.4, -0.2) is 15.5 Å². The summed E-state index contributed by atoms with van der Waals surface area (Å²) in [4.78, 5) is 27.5. The van der Waals surface area contributed by atoms with Gasteiger partial charge in [0, 0.05) is 5.69 Å². The van der Waals surface area contributed by atoms with Gasteiger partial charge in [-0.15, -0.1) is 0 Å². The second-order valence-electron chi connectivity index (χ2n) is 6.77. The summed E-state index contributed by atoms with van der Waals surface area (Å²) < 4.78 is 1.68. The summed E-state index contributed by atoms with van der Waals surface area (Å²) in [6, 6.07) is 24.0. The first kappa shape index (κ1) is 18.3. The highest BCUT2D eigenvalue weighted by molar-refractivity contribution is 5.92. The number of imidazole rings is 1. The molecule has 29 heavy (non-hydrogen) atoms. The van der Waals surface area contributed by atoms with Crippen molar-refractivity contribution in [3.63, 3.8) is 0 Å². The SMILES string of the molecule is N#Cc1cccc(NC(=O)Cc2cccc(Cn3c(=O)[nH]c4ccccc43)c2)c1. The number of nitrogens with zero attached hydrogens (tertiary/aromatic N) is 2. The molecule has 1 heterocycles. The lowest BCUT2D eigenvalue weighted by Gasteiger charge is -2.08. The number of H-pyrrole nitrogens is 1. The van der Waals surface area contributed by atoms with Crippen molar-refractivity contribution in [2.45, 2.75) is 13.0 Å². The number of fused-ring (bicyclic) bond motifs is 1. The smallest absolute Gasteiger partial charge is 0.326 e. The van der Waals surface area contributed by atoms with Gasteiger partial charge in [-0.25, -0.2) is 4.79 Å². The Morgan fingerprint density at radius 3 is 2.66 bits per heavy atom. The molecule has 0 atom stereocenters. The zero-order valence-electron chi connectivity index (χ0n) is 15.6. The third-order valence-corrected chi connectivity index (χ3v) is 4.65. The highest BCUT2D eigenvalue weighted by Gasteiger charge is 2.09. The van der Waals surface area contributed by atoms with Crippen LogP contribution in [0, 0.1) is 11.3 Å². The van der Waals surface area contributed by atoms with Crippen LogP contribution in [0.15, 0.2) is 77.6 Å². The van der Waals surface area contributed by atoms with E-state index in [0.717, 1.165) is 22.2 Å². The van der Waals surface area contributed by atoms with Gasteiger partial charge in [-0.2, -0.15) is 5.26 Å². The number of aromatic amines is 1. The van der Waals surface area contributed by atoms with E-state index in [1.807, 2.05) is 48.5 Å². The molecule has 3 aromatic carbocycles. The lowest BCUT2D eigenvalue weighted by molar-refractivity contribution is -0.115. The Hall–Kier alpha value is -4.11. The zero-order valence-corrected chi connectivity index (χ0v) is 15.6. The summed E-state index contributed by atoms with van der Waals surface area (Å²) in [5.41, 5.74) is 4.36. The molecule has 142 valence electrons. The normalized spacial score (nSPS) is 10.6. The predicted molar refractivity (Wildman–Crippen MR) is 112 cm³/mol. The van der Waals surface area contributed by atoms with E-state index in [9.17, 15) is 9.59 Å². The molecule has 1 aromatic heterocycles. The molecule has 2 N–H and O–H groups in total. The molecule has 6 heteroatoms. The second-order valence-corrected chi connectivity index (χ2v) is 6.77. The van der Waals surface area contributed by atoms with Crippen molar-refractivity contribution >= 4 is 22.6 Å². The van der Waals surface area contributed by atoms with Gasteiger partial charge in [0.25, 0.3) is 0 Å². The Morgan fingerprint density at radius 2 is 1.79 bits per heavy atom. The number of hydrogen-bond acceptors (Lipinski definition) is 3. The number of rotatable bonds is 5. The van der Waals surface area contributed by atoms with E-state index in [2.05, 4.69) is 16.4 Å². The Labute approximate surface area is 167 Å². The van der Waals surface area contributed by atoms with E-state index in [0.29, 0.717) is 17.8 Å². The largest absolute Gasteiger partial charge is 0.326 e. The van der Waals surface area contributed by atoms with Crippen molar-refractivity contribution < 1.29 is 4.79 Å². The molecule has 0 unspecified atom stereocenters. The summed E-state index contributed by atoms with van der Waals surface area (Å²) >= 11 is 0. The average molecular weight is 382 g/mol. The Kier molecular flexibility index (Phi) is 4.95. The quantitative estimate of drug-likeness (QED) is 0.554. The molecule has 0 saturated carbocycles. The Balaban J connectivity index is 1.50. The number of nitrogens with one attached hydrogen (secondary N) is 2. The number of para-hydroxylation sites is 2. The number of amides is 1. The van der Waals surface area contributed by atoms with E-state index < -0.39 is 0 Å². The van der Waals surface area contributed by atoms with Crippen LogP contribution in [0.4, 0.5) is 5.69 Å². The first-order valence-electron chi connectivity index (χ1n) is 9.18. The summed E-state index contributed by atoms with van der Waals surface area (Å²) in [6.45, 7) is 0.419. The molecule has 0 spiro atoms. The highest BCUT2D eigenvalue weighted by atomic mass is 16.2. The zero-order chi connectivity index (χ0) is 20.2. The standard InChI is InChI=1S/C23H18N4O2/c24-14-17-6-4-8-19(12-17)25-22(28)13-16-5-3-7-18(11-16)15-27-21-10-2-1-9-20(21)26-23(27)29/h1-12H,13,15H2,(H,25,28)(H,26,29). The topological polar surface area (TPSA) is 90.7 Å². The average Bonchev–Trinajstić information content (AvgIpc) is 3.03. The van der Waals surface area contributed by atoms with E-state index in [4.69, 9.17) is 5.26 Å². The molecule has 0 radical (unpaired) electrons. The maximum atomic E-state index is 12.4. The van der Waals surface area contributed by atoms with Crippen molar-refractivity contribution in [2.24, 2.45) is 0 Å². The first-order chi connectivity index (χ1) is 14.1. The molecular formula is C23H18N4O2. The van der Waals surface area contributed by atoms with Gasteiger partial charge in [-0.1, -0.05) is 42.5 Å². The molecule has 1 amide bonds. The number of anilines is 1. The van der Waals surface area contributed by atoms with E-state index in [1.165, 1.54) is 0 Å². The fourth-order valence-electron chi connectivity index (χ4n) is 3.34. The van der Waals surface area contributed by atoms with Crippen LogP contribution < -0.4 is 11.0 Å². The summed E-state index contributed by atoms with van der Waals surface area (Å²) in [6.07, 6.45) is 0.202. The van der Waals surface area contributed by atoms with Crippen molar-refractivity contribution in [1.29, 1.82) is 5.26 Å². The minimum atomic E-state index is -0.165. The fourth-order valence-corrected chi connectivity index (χ4v) is 3.34. The molecule has 4 rings (SSSR count). The lowest BCUT2D eigenvalue weighted by Crippen LogP contribution is -2.18. The van der Waals surface area contributed by atoms with Crippen molar-refractivity contribution in [3.8, 4) is 6.07 Å². The van der Waals surface area contributed by atoms with Crippen LogP contribution in [0.1, 0.15) is 16.7 Å². The van der Waals surface area contributed by atoms with Gasteiger partial charge >= 0.3 is 5.69 Å². The van der Waals surface area contributed by atoms with Crippen molar-refractivity contribution in [3.05, 3.63) is 100.0 Å². The number of benzene rings is 3. The molecule has 0 saturated heterocycles. The van der Waals surface area contributed by atoms with Gasteiger partial charge in [0.1, 0.15) is 0 Å². The molecular weight excluding hydrogens is 364 g/mol. The van der Waals surface area contributed by atoms with E-state index >= 15 is 0 Å². The molecule has 0 aliphatic rings. The number of hydrogen-bond donors (Lipinski definition) is 2.